The van der Waals surface area contributed by atoms with Crippen molar-refractivity contribution in [2.24, 2.45) is 5.41 Å². The first-order valence-corrected chi connectivity index (χ1v) is 10.6. The van der Waals surface area contributed by atoms with Crippen LogP contribution in [0.2, 0.25) is 0 Å². The molecule has 7 nitrogen and oxygen atoms in total. The largest absolute Gasteiger partial charge is 0.384 e. The van der Waals surface area contributed by atoms with Crippen LogP contribution < -0.4 is 10.2 Å². The standard InChI is InChI=1S/C22H31N3O4/c1-28-13-6-20(26)25-9-7-22(8-10-25)16-19(22)23-21(27)17-2-4-18(5-3-17)24-11-14-29-15-12-24/h2-5,19H,6-16H2,1H3,(H,23,27). The predicted molar refractivity (Wildman–Crippen MR) is 110 cm³/mol. The number of nitrogens with zero attached hydrogens (tertiary/aromatic N) is 2. The molecule has 1 N–H and O–H groups in total. The zero-order valence-electron chi connectivity index (χ0n) is 17.2. The van der Waals surface area contributed by atoms with Crippen molar-refractivity contribution in [3.05, 3.63) is 29.8 Å². The number of carbonyl (C=O) groups excluding carboxylic acids is 2. The van der Waals surface area contributed by atoms with Gasteiger partial charge in [-0.15, -0.1) is 0 Å². The van der Waals surface area contributed by atoms with Gasteiger partial charge in [-0.2, -0.15) is 0 Å². The zero-order valence-corrected chi connectivity index (χ0v) is 17.2. The molecule has 1 saturated carbocycles. The molecule has 3 aliphatic rings. The highest BCUT2D eigenvalue weighted by Gasteiger charge is 2.55. The van der Waals surface area contributed by atoms with Crippen LogP contribution >= 0.6 is 0 Å². The molecule has 2 aliphatic heterocycles. The van der Waals surface area contributed by atoms with Gasteiger partial charge in [0.1, 0.15) is 0 Å². The quantitative estimate of drug-likeness (QED) is 0.785. The number of likely N-dealkylation sites (tertiary alicyclic amines) is 1. The summed E-state index contributed by atoms with van der Waals surface area (Å²) in [4.78, 5) is 29.0. The molecule has 1 atom stereocenters. The number of benzene rings is 1. The SMILES string of the molecule is COCCC(=O)N1CCC2(CC1)CC2NC(=O)c1ccc(N2CCOCC2)cc1. The summed E-state index contributed by atoms with van der Waals surface area (Å²) in [6.45, 7) is 5.32. The Morgan fingerprint density at radius 3 is 2.48 bits per heavy atom. The van der Waals surface area contributed by atoms with Crippen LogP contribution in [0.3, 0.4) is 0 Å². The average Bonchev–Trinajstić information content (AvgIpc) is 3.43. The Labute approximate surface area is 172 Å². The maximum atomic E-state index is 12.7. The summed E-state index contributed by atoms with van der Waals surface area (Å²) in [5.41, 5.74) is 2.02. The number of hydrogen-bond donors (Lipinski definition) is 1. The van der Waals surface area contributed by atoms with Crippen molar-refractivity contribution in [1.29, 1.82) is 0 Å². The normalized spacial score (nSPS) is 23.1. The number of methoxy groups -OCH3 is 1. The summed E-state index contributed by atoms with van der Waals surface area (Å²) in [5.74, 6) is 0.169. The third-order valence-corrected chi connectivity index (χ3v) is 6.63. The fraction of sp³-hybridized carbons (Fsp3) is 0.636. The van der Waals surface area contributed by atoms with Crippen molar-refractivity contribution >= 4 is 17.5 Å². The van der Waals surface area contributed by atoms with E-state index in [-0.39, 0.29) is 23.3 Å². The van der Waals surface area contributed by atoms with Gasteiger partial charge in [0.25, 0.3) is 5.91 Å². The molecule has 3 fully saturated rings. The minimum atomic E-state index is -0.000923. The number of anilines is 1. The number of hydrogen-bond acceptors (Lipinski definition) is 5. The number of carbonyl (C=O) groups is 2. The molecule has 29 heavy (non-hydrogen) atoms. The molecule has 1 aromatic rings. The number of amides is 2. The number of nitrogens with one attached hydrogen (secondary N) is 1. The topological polar surface area (TPSA) is 71.1 Å². The van der Waals surface area contributed by atoms with Gasteiger partial charge in [-0.3, -0.25) is 9.59 Å². The van der Waals surface area contributed by atoms with Gasteiger partial charge in [-0.05, 0) is 48.9 Å². The first-order valence-electron chi connectivity index (χ1n) is 10.6. The van der Waals surface area contributed by atoms with E-state index in [9.17, 15) is 9.59 Å². The molecule has 2 saturated heterocycles. The van der Waals surface area contributed by atoms with Gasteiger partial charge in [0.15, 0.2) is 0 Å². The van der Waals surface area contributed by atoms with Crippen molar-refractivity contribution in [3.63, 3.8) is 0 Å². The van der Waals surface area contributed by atoms with Crippen molar-refractivity contribution in [2.45, 2.75) is 31.7 Å². The van der Waals surface area contributed by atoms with Gasteiger partial charge in [0, 0.05) is 50.6 Å². The lowest BCUT2D eigenvalue weighted by atomic mass is 9.92. The Morgan fingerprint density at radius 1 is 1.14 bits per heavy atom. The Morgan fingerprint density at radius 2 is 1.83 bits per heavy atom. The minimum Gasteiger partial charge on any atom is -0.384 e. The summed E-state index contributed by atoms with van der Waals surface area (Å²) < 4.78 is 10.4. The van der Waals surface area contributed by atoms with Gasteiger partial charge >= 0.3 is 0 Å². The minimum absolute atomic E-state index is 0.000923. The molecule has 0 bridgehead atoms. The van der Waals surface area contributed by atoms with Gasteiger partial charge < -0.3 is 24.6 Å². The van der Waals surface area contributed by atoms with E-state index in [4.69, 9.17) is 9.47 Å². The Balaban J connectivity index is 1.25. The number of morpholine rings is 1. The lowest BCUT2D eigenvalue weighted by molar-refractivity contribution is -0.133. The molecule has 158 valence electrons. The summed E-state index contributed by atoms with van der Waals surface area (Å²) in [6, 6.07) is 8.09. The highest BCUT2D eigenvalue weighted by Crippen LogP contribution is 2.54. The maximum absolute atomic E-state index is 12.7. The van der Waals surface area contributed by atoms with Gasteiger partial charge in [-0.1, -0.05) is 0 Å². The molecule has 7 heteroatoms. The third-order valence-electron chi connectivity index (χ3n) is 6.63. The van der Waals surface area contributed by atoms with E-state index in [1.165, 1.54) is 0 Å². The van der Waals surface area contributed by atoms with Crippen molar-refractivity contribution in [1.82, 2.24) is 10.2 Å². The van der Waals surface area contributed by atoms with E-state index in [2.05, 4.69) is 10.2 Å². The molecule has 2 amide bonds. The van der Waals surface area contributed by atoms with Crippen LogP contribution in [0.1, 0.15) is 36.0 Å². The second kappa shape index (κ2) is 8.71. The van der Waals surface area contributed by atoms with E-state index < -0.39 is 0 Å². The van der Waals surface area contributed by atoms with E-state index in [1.54, 1.807) is 7.11 Å². The number of rotatable bonds is 6. The Hall–Kier alpha value is -2.12. The first-order chi connectivity index (χ1) is 14.1. The maximum Gasteiger partial charge on any atom is 0.251 e. The van der Waals surface area contributed by atoms with Gasteiger partial charge in [0.05, 0.1) is 26.2 Å². The van der Waals surface area contributed by atoms with Gasteiger partial charge in [0.2, 0.25) is 5.91 Å². The number of ether oxygens (including phenoxy) is 2. The highest BCUT2D eigenvalue weighted by molar-refractivity contribution is 5.95. The molecule has 1 aliphatic carbocycles. The van der Waals surface area contributed by atoms with E-state index in [1.807, 2.05) is 29.2 Å². The average molecular weight is 402 g/mol. The van der Waals surface area contributed by atoms with Crippen molar-refractivity contribution < 1.29 is 19.1 Å². The van der Waals surface area contributed by atoms with Crippen LogP contribution in [0.5, 0.6) is 0 Å². The Kier molecular flexibility index (Phi) is 6.06. The third kappa shape index (κ3) is 4.56. The first kappa shape index (κ1) is 20.2. The smallest absolute Gasteiger partial charge is 0.251 e. The van der Waals surface area contributed by atoms with Crippen LogP contribution in [0, 0.1) is 5.41 Å². The molecule has 4 rings (SSSR count). The lowest BCUT2D eigenvalue weighted by Crippen LogP contribution is -2.42. The molecule has 0 radical (unpaired) electrons. The number of piperidine rings is 1. The lowest BCUT2D eigenvalue weighted by Gasteiger charge is -2.33. The molecule has 2 heterocycles. The van der Waals surface area contributed by atoms with E-state index >= 15 is 0 Å². The van der Waals surface area contributed by atoms with Crippen LogP contribution in [0.15, 0.2) is 24.3 Å². The fourth-order valence-electron chi connectivity index (χ4n) is 4.54. The second-order valence-corrected chi connectivity index (χ2v) is 8.36. The Bertz CT molecular complexity index is 722. The highest BCUT2D eigenvalue weighted by atomic mass is 16.5. The molecule has 0 aromatic heterocycles. The second-order valence-electron chi connectivity index (χ2n) is 8.36. The zero-order chi connectivity index (χ0) is 20.3. The van der Waals surface area contributed by atoms with E-state index in [0.29, 0.717) is 18.6 Å². The predicted octanol–water partition coefficient (Wildman–Crippen LogP) is 1.67. The van der Waals surface area contributed by atoms with Crippen LogP contribution in [0.25, 0.3) is 0 Å². The van der Waals surface area contributed by atoms with E-state index in [0.717, 1.165) is 64.3 Å². The van der Waals surface area contributed by atoms with Gasteiger partial charge in [-0.25, -0.2) is 0 Å². The van der Waals surface area contributed by atoms with Crippen molar-refractivity contribution in [2.75, 3.05) is 58.0 Å². The summed E-state index contributed by atoms with van der Waals surface area (Å²) in [5, 5.41) is 3.21. The molecular weight excluding hydrogens is 370 g/mol. The monoisotopic (exact) mass is 401 g/mol. The molecule has 1 unspecified atom stereocenters. The van der Waals surface area contributed by atoms with Crippen LogP contribution in [0.4, 0.5) is 5.69 Å². The molecule has 1 aromatic carbocycles. The summed E-state index contributed by atoms with van der Waals surface area (Å²) in [7, 11) is 1.62. The molecular formula is C22H31N3O4. The van der Waals surface area contributed by atoms with Crippen LogP contribution in [-0.2, 0) is 14.3 Å². The van der Waals surface area contributed by atoms with Crippen molar-refractivity contribution in [3.8, 4) is 0 Å². The fourth-order valence-corrected chi connectivity index (χ4v) is 4.54. The summed E-state index contributed by atoms with van der Waals surface area (Å²) in [6.07, 6.45) is 3.40. The molecule has 1 spiro atoms. The van der Waals surface area contributed by atoms with Crippen LogP contribution in [-0.4, -0.2) is 75.9 Å². The summed E-state index contributed by atoms with van der Waals surface area (Å²) >= 11 is 0.